The molecule has 0 aromatic carbocycles. The lowest BCUT2D eigenvalue weighted by molar-refractivity contribution is -0.139. The van der Waals surface area contributed by atoms with Crippen LogP contribution in [-0.2, 0) is 14.4 Å². The second-order valence-electron chi connectivity index (χ2n) is 4.03. The van der Waals surface area contributed by atoms with Crippen molar-refractivity contribution in [2.75, 3.05) is 20.2 Å². The molecule has 6 heteroatoms. The van der Waals surface area contributed by atoms with Crippen molar-refractivity contribution in [3.8, 4) is 0 Å². The molecule has 1 amide bonds. The minimum atomic E-state index is -0.566. The SMILES string of the molecule is C=C(C)C(=O)OCCNC(=O)ON(C)C(C)CC. The lowest BCUT2D eigenvalue weighted by Gasteiger charge is -2.21. The van der Waals surface area contributed by atoms with Crippen molar-refractivity contribution in [1.82, 2.24) is 10.4 Å². The monoisotopic (exact) mass is 258 g/mol. The molecule has 1 N–H and O–H groups in total. The highest BCUT2D eigenvalue weighted by atomic mass is 16.7. The zero-order valence-corrected chi connectivity index (χ0v) is 11.5. The van der Waals surface area contributed by atoms with Crippen LogP contribution in [0.4, 0.5) is 4.79 Å². The second-order valence-corrected chi connectivity index (χ2v) is 4.03. The molecule has 0 saturated carbocycles. The highest BCUT2D eigenvalue weighted by Gasteiger charge is 2.12. The molecule has 0 saturated heterocycles. The van der Waals surface area contributed by atoms with Gasteiger partial charge in [0.15, 0.2) is 0 Å². The van der Waals surface area contributed by atoms with E-state index in [2.05, 4.69) is 11.9 Å². The van der Waals surface area contributed by atoms with Crippen molar-refractivity contribution < 1.29 is 19.2 Å². The van der Waals surface area contributed by atoms with E-state index in [0.29, 0.717) is 5.57 Å². The Morgan fingerprint density at radius 1 is 1.44 bits per heavy atom. The van der Waals surface area contributed by atoms with Gasteiger partial charge in [0.2, 0.25) is 0 Å². The molecule has 0 heterocycles. The molecule has 104 valence electrons. The van der Waals surface area contributed by atoms with E-state index in [9.17, 15) is 9.59 Å². The van der Waals surface area contributed by atoms with Gasteiger partial charge in [-0.05, 0) is 20.3 Å². The van der Waals surface area contributed by atoms with E-state index in [0.717, 1.165) is 6.42 Å². The number of rotatable bonds is 7. The lowest BCUT2D eigenvalue weighted by atomic mass is 10.3. The maximum absolute atomic E-state index is 11.3. The molecule has 1 unspecified atom stereocenters. The van der Waals surface area contributed by atoms with Gasteiger partial charge in [0.25, 0.3) is 0 Å². The van der Waals surface area contributed by atoms with Crippen LogP contribution in [0, 0.1) is 0 Å². The van der Waals surface area contributed by atoms with E-state index >= 15 is 0 Å². The minimum Gasteiger partial charge on any atom is -0.460 e. The van der Waals surface area contributed by atoms with Crippen molar-refractivity contribution in [2.45, 2.75) is 33.2 Å². The van der Waals surface area contributed by atoms with Crippen LogP contribution in [-0.4, -0.2) is 43.4 Å². The molecule has 0 aliphatic heterocycles. The number of esters is 1. The molecule has 0 radical (unpaired) electrons. The summed E-state index contributed by atoms with van der Waals surface area (Å²) in [6, 6.07) is 0.150. The van der Waals surface area contributed by atoms with Gasteiger partial charge >= 0.3 is 12.1 Å². The Morgan fingerprint density at radius 3 is 2.56 bits per heavy atom. The average Bonchev–Trinajstić information content (AvgIpc) is 2.32. The van der Waals surface area contributed by atoms with E-state index in [-0.39, 0.29) is 19.2 Å². The Morgan fingerprint density at radius 2 is 2.06 bits per heavy atom. The first kappa shape index (κ1) is 16.4. The summed E-state index contributed by atoms with van der Waals surface area (Å²) in [4.78, 5) is 27.3. The first-order valence-electron chi connectivity index (χ1n) is 5.89. The quantitative estimate of drug-likeness (QED) is 0.324. The molecule has 0 spiro atoms. The third kappa shape index (κ3) is 6.90. The fourth-order valence-electron chi connectivity index (χ4n) is 0.930. The molecule has 18 heavy (non-hydrogen) atoms. The molecular formula is C12H22N2O4. The Hall–Kier alpha value is -1.56. The van der Waals surface area contributed by atoms with E-state index in [1.54, 1.807) is 14.0 Å². The number of hydrogen-bond donors (Lipinski definition) is 1. The predicted octanol–water partition coefficient (Wildman–Crippen LogP) is 1.48. The topological polar surface area (TPSA) is 67.9 Å². The summed E-state index contributed by atoms with van der Waals surface area (Å²) in [5.74, 6) is -0.470. The second kappa shape index (κ2) is 8.52. The van der Waals surface area contributed by atoms with Gasteiger partial charge in [-0.2, -0.15) is 0 Å². The third-order valence-corrected chi connectivity index (χ3v) is 2.39. The number of nitrogens with zero attached hydrogens (tertiary/aromatic N) is 1. The Kier molecular flexibility index (Phi) is 7.78. The largest absolute Gasteiger partial charge is 0.460 e. The summed E-state index contributed by atoms with van der Waals surface area (Å²) >= 11 is 0. The van der Waals surface area contributed by atoms with Crippen LogP contribution in [0.1, 0.15) is 27.2 Å². The highest BCUT2D eigenvalue weighted by Crippen LogP contribution is 2.00. The Labute approximate surface area is 108 Å². The molecule has 0 aliphatic rings. The van der Waals surface area contributed by atoms with Crippen molar-refractivity contribution in [1.29, 1.82) is 0 Å². The minimum absolute atomic E-state index is 0.0911. The van der Waals surface area contributed by atoms with Crippen LogP contribution in [0.2, 0.25) is 0 Å². The Balaban J connectivity index is 3.72. The summed E-state index contributed by atoms with van der Waals surface area (Å²) in [7, 11) is 1.69. The number of amides is 1. The van der Waals surface area contributed by atoms with E-state index in [1.807, 2.05) is 13.8 Å². The lowest BCUT2D eigenvalue weighted by Crippen LogP contribution is -2.37. The summed E-state index contributed by atoms with van der Waals surface area (Å²) in [6.07, 6.45) is 0.309. The number of hydroxylamine groups is 2. The molecule has 0 aliphatic carbocycles. The smallest absolute Gasteiger partial charge is 0.426 e. The summed E-state index contributed by atoms with van der Waals surface area (Å²) in [6.45, 7) is 9.24. The van der Waals surface area contributed by atoms with Gasteiger partial charge in [0.1, 0.15) is 6.61 Å². The van der Waals surface area contributed by atoms with Gasteiger partial charge < -0.3 is 14.9 Å². The zero-order chi connectivity index (χ0) is 14.1. The molecular weight excluding hydrogens is 236 g/mol. The van der Waals surface area contributed by atoms with Crippen LogP contribution in [0.15, 0.2) is 12.2 Å². The van der Waals surface area contributed by atoms with Gasteiger partial charge in [0, 0.05) is 18.7 Å². The summed E-state index contributed by atoms with van der Waals surface area (Å²) in [5.41, 5.74) is 0.328. The van der Waals surface area contributed by atoms with Crippen molar-refractivity contribution in [3.63, 3.8) is 0 Å². The number of hydrogen-bond acceptors (Lipinski definition) is 5. The number of carbonyl (C=O) groups is 2. The average molecular weight is 258 g/mol. The van der Waals surface area contributed by atoms with Gasteiger partial charge in [-0.15, -0.1) is 5.06 Å². The van der Waals surface area contributed by atoms with Crippen LogP contribution in [0.5, 0.6) is 0 Å². The fraction of sp³-hybridized carbons (Fsp3) is 0.667. The van der Waals surface area contributed by atoms with Crippen molar-refractivity contribution in [2.24, 2.45) is 0 Å². The van der Waals surface area contributed by atoms with Gasteiger partial charge in [-0.3, -0.25) is 0 Å². The normalized spacial score (nSPS) is 11.8. The van der Waals surface area contributed by atoms with Gasteiger partial charge in [-0.25, -0.2) is 9.59 Å². The molecule has 6 nitrogen and oxygen atoms in total. The van der Waals surface area contributed by atoms with Crippen molar-refractivity contribution >= 4 is 12.1 Å². The Bertz CT molecular complexity index is 304. The van der Waals surface area contributed by atoms with Crippen LogP contribution in [0.3, 0.4) is 0 Å². The first-order chi connectivity index (χ1) is 8.38. The number of ether oxygens (including phenoxy) is 1. The van der Waals surface area contributed by atoms with Crippen LogP contribution < -0.4 is 5.32 Å². The molecule has 0 fully saturated rings. The number of nitrogens with one attached hydrogen (secondary N) is 1. The van der Waals surface area contributed by atoms with Gasteiger partial charge in [-0.1, -0.05) is 13.5 Å². The predicted molar refractivity (Wildman–Crippen MR) is 67.8 cm³/mol. The first-order valence-corrected chi connectivity index (χ1v) is 5.89. The molecule has 0 rings (SSSR count). The van der Waals surface area contributed by atoms with Crippen LogP contribution >= 0.6 is 0 Å². The van der Waals surface area contributed by atoms with Gasteiger partial charge in [0.05, 0.1) is 6.54 Å². The molecule has 0 bridgehead atoms. The standard InChI is InChI=1S/C12H22N2O4/c1-6-10(4)14(5)18-12(16)13-7-8-17-11(15)9(2)3/h10H,2,6-8H2,1,3-5H3,(H,13,16). The van der Waals surface area contributed by atoms with Crippen molar-refractivity contribution in [3.05, 3.63) is 12.2 Å². The van der Waals surface area contributed by atoms with Crippen LogP contribution in [0.25, 0.3) is 0 Å². The molecule has 0 aromatic heterocycles. The summed E-state index contributed by atoms with van der Waals surface area (Å²) < 4.78 is 4.81. The zero-order valence-electron chi connectivity index (χ0n) is 11.5. The molecule has 0 aromatic rings. The fourth-order valence-corrected chi connectivity index (χ4v) is 0.930. The third-order valence-electron chi connectivity index (χ3n) is 2.39. The van der Waals surface area contributed by atoms with E-state index < -0.39 is 12.1 Å². The maximum Gasteiger partial charge on any atom is 0.426 e. The summed E-state index contributed by atoms with van der Waals surface area (Å²) in [5, 5.41) is 3.96. The highest BCUT2D eigenvalue weighted by molar-refractivity contribution is 5.86. The number of carbonyl (C=O) groups excluding carboxylic acids is 2. The maximum atomic E-state index is 11.3. The van der Waals surface area contributed by atoms with E-state index in [4.69, 9.17) is 9.57 Å². The molecule has 1 atom stereocenters. The van der Waals surface area contributed by atoms with E-state index in [1.165, 1.54) is 5.06 Å².